The Kier molecular flexibility index (Phi) is 5.77. The fraction of sp³-hybridized carbons (Fsp3) is 0.0870. The zero-order valence-corrected chi connectivity index (χ0v) is 16.9. The molecule has 1 aromatic heterocycles. The molecule has 6 nitrogen and oxygen atoms in total. The first-order valence-electron chi connectivity index (χ1n) is 9.27. The minimum absolute atomic E-state index is 0.168. The topological polar surface area (TPSA) is 77.2 Å². The summed E-state index contributed by atoms with van der Waals surface area (Å²) in [5.74, 6) is 1.00. The molecule has 1 amide bonds. The predicted molar refractivity (Wildman–Crippen MR) is 115 cm³/mol. The largest absolute Gasteiger partial charge is 0.483 e. The number of ether oxygens (including phenoxy) is 1. The molecule has 0 fully saturated rings. The number of halogens is 1. The normalized spacial score (nSPS) is 10.6. The maximum Gasteiger partial charge on any atom is 0.262 e. The number of hydrogen-bond acceptors (Lipinski definition) is 5. The number of aryl methyl sites for hydroxylation is 1. The van der Waals surface area contributed by atoms with E-state index >= 15 is 0 Å². The number of carbonyl (C=O) groups is 1. The molecule has 4 rings (SSSR count). The van der Waals surface area contributed by atoms with E-state index < -0.39 is 0 Å². The third-order valence-electron chi connectivity index (χ3n) is 4.42. The number of hydrogen-bond donors (Lipinski definition) is 1. The first-order valence-corrected chi connectivity index (χ1v) is 9.65. The van der Waals surface area contributed by atoms with Crippen molar-refractivity contribution < 1.29 is 14.1 Å². The highest BCUT2D eigenvalue weighted by atomic mass is 35.5. The Morgan fingerprint density at radius 2 is 1.70 bits per heavy atom. The highest BCUT2D eigenvalue weighted by Gasteiger charge is 2.16. The maximum absolute atomic E-state index is 12.2. The van der Waals surface area contributed by atoms with Crippen molar-refractivity contribution >= 4 is 23.2 Å². The number of amides is 1. The molecule has 0 unspecified atom stereocenters. The van der Waals surface area contributed by atoms with Crippen LogP contribution < -0.4 is 10.1 Å². The van der Waals surface area contributed by atoms with E-state index in [1.54, 1.807) is 30.3 Å². The van der Waals surface area contributed by atoms with Crippen LogP contribution in [0.2, 0.25) is 5.02 Å². The van der Waals surface area contributed by atoms with Gasteiger partial charge < -0.3 is 14.6 Å². The lowest BCUT2D eigenvalue weighted by atomic mass is 10.1. The van der Waals surface area contributed by atoms with E-state index in [-0.39, 0.29) is 12.5 Å². The van der Waals surface area contributed by atoms with Gasteiger partial charge in [-0.05, 0) is 48.9 Å². The first kappa shape index (κ1) is 19.7. The molecule has 0 aliphatic rings. The summed E-state index contributed by atoms with van der Waals surface area (Å²) in [6.07, 6.45) is 0. The second-order valence-electron chi connectivity index (χ2n) is 6.58. The molecule has 0 saturated carbocycles. The average molecular weight is 420 g/mol. The average Bonchev–Trinajstić information content (AvgIpc) is 3.24. The Bertz CT molecular complexity index is 1170. The van der Waals surface area contributed by atoms with Crippen molar-refractivity contribution in [3.8, 4) is 28.6 Å². The van der Waals surface area contributed by atoms with Gasteiger partial charge in [0.1, 0.15) is 5.75 Å². The number of para-hydroxylation sites is 1. The van der Waals surface area contributed by atoms with Crippen molar-refractivity contribution in [2.75, 3.05) is 11.9 Å². The van der Waals surface area contributed by atoms with Crippen LogP contribution in [-0.2, 0) is 4.79 Å². The van der Waals surface area contributed by atoms with Gasteiger partial charge in [0, 0.05) is 16.3 Å². The molecular weight excluding hydrogens is 402 g/mol. The van der Waals surface area contributed by atoms with Crippen LogP contribution in [0.4, 0.5) is 5.69 Å². The van der Waals surface area contributed by atoms with Crippen LogP contribution in [-0.4, -0.2) is 22.7 Å². The van der Waals surface area contributed by atoms with Gasteiger partial charge in [0.15, 0.2) is 6.61 Å². The molecule has 150 valence electrons. The third kappa shape index (κ3) is 4.50. The van der Waals surface area contributed by atoms with E-state index in [1.165, 1.54) is 0 Å². The van der Waals surface area contributed by atoms with Crippen LogP contribution in [0.1, 0.15) is 5.56 Å². The number of nitrogens with zero attached hydrogens (tertiary/aromatic N) is 2. The molecule has 0 spiro atoms. The van der Waals surface area contributed by atoms with Gasteiger partial charge in [0.05, 0.1) is 5.56 Å². The number of benzene rings is 3. The van der Waals surface area contributed by atoms with E-state index in [0.29, 0.717) is 33.7 Å². The van der Waals surface area contributed by atoms with Crippen molar-refractivity contribution in [3.63, 3.8) is 0 Å². The van der Waals surface area contributed by atoms with Gasteiger partial charge in [-0.25, -0.2) is 0 Å². The minimum atomic E-state index is -0.293. The lowest BCUT2D eigenvalue weighted by Crippen LogP contribution is -2.20. The van der Waals surface area contributed by atoms with Crippen molar-refractivity contribution in [3.05, 3.63) is 83.4 Å². The number of nitrogens with one attached hydrogen (secondary N) is 1. The highest BCUT2D eigenvalue weighted by Crippen LogP contribution is 2.30. The van der Waals surface area contributed by atoms with Gasteiger partial charge in [-0.1, -0.05) is 53.2 Å². The Hall–Kier alpha value is -3.64. The molecule has 0 atom stereocenters. The van der Waals surface area contributed by atoms with Gasteiger partial charge in [0.2, 0.25) is 5.82 Å². The summed E-state index contributed by atoms with van der Waals surface area (Å²) in [7, 11) is 0. The van der Waals surface area contributed by atoms with Gasteiger partial charge in [0.25, 0.3) is 11.8 Å². The van der Waals surface area contributed by atoms with E-state index in [4.69, 9.17) is 20.9 Å². The molecule has 3 aromatic carbocycles. The van der Waals surface area contributed by atoms with Crippen LogP contribution in [0, 0.1) is 6.92 Å². The van der Waals surface area contributed by atoms with Crippen molar-refractivity contribution in [2.24, 2.45) is 0 Å². The van der Waals surface area contributed by atoms with Gasteiger partial charge in [-0.3, -0.25) is 4.79 Å². The summed E-state index contributed by atoms with van der Waals surface area (Å²) in [5, 5.41) is 7.45. The minimum Gasteiger partial charge on any atom is -0.483 e. The summed E-state index contributed by atoms with van der Waals surface area (Å²) >= 11 is 5.86. The SMILES string of the molecule is Cc1ccccc1-c1noc(-c2ccccc2OCC(=O)Nc2ccc(Cl)cc2)n1. The van der Waals surface area contributed by atoms with Crippen molar-refractivity contribution in [2.45, 2.75) is 6.92 Å². The summed E-state index contributed by atoms with van der Waals surface area (Å²) in [5.41, 5.74) is 3.20. The van der Waals surface area contributed by atoms with E-state index in [0.717, 1.165) is 11.1 Å². The third-order valence-corrected chi connectivity index (χ3v) is 4.67. The summed E-state index contributed by atoms with van der Waals surface area (Å²) < 4.78 is 11.2. The Labute approximate surface area is 178 Å². The van der Waals surface area contributed by atoms with Crippen LogP contribution >= 0.6 is 11.6 Å². The van der Waals surface area contributed by atoms with Gasteiger partial charge in [-0.2, -0.15) is 4.98 Å². The van der Waals surface area contributed by atoms with Crippen LogP contribution in [0.25, 0.3) is 22.8 Å². The molecule has 1 heterocycles. The van der Waals surface area contributed by atoms with E-state index in [1.807, 2.05) is 49.4 Å². The smallest absolute Gasteiger partial charge is 0.262 e. The molecule has 1 N–H and O–H groups in total. The summed E-state index contributed by atoms with van der Waals surface area (Å²) in [6, 6.07) is 21.9. The van der Waals surface area contributed by atoms with Crippen LogP contribution in [0.3, 0.4) is 0 Å². The number of anilines is 1. The van der Waals surface area contributed by atoms with Crippen LogP contribution in [0.5, 0.6) is 5.75 Å². The number of aromatic nitrogens is 2. The fourth-order valence-electron chi connectivity index (χ4n) is 2.91. The predicted octanol–water partition coefficient (Wildman–Crippen LogP) is 5.38. The highest BCUT2D eigenvalue weighted by molar-refractivity contribution is 6.30. The Balaban J connectivity index is 1.49. The molecule has 0 aliphatic carbocycles. The van der Waals surface area contributed by atoms with Crippen molar-refractivity contribution in [1.82, 2.24) is 10.1 Å². The summed E-state index contributed by atoms with van der Waals surface area (Å²) in [6.45, 7) is 1.82. The zero-order chi connectivity index (χ0) is 20.9. The zero-order valence-electron chi connectivity index (χ0n) is 16.1. The quantitative estimate of drug-likeness (QED) is 0.453. The fourth-order valence-corrected chi connectivity index (χ4v) is 3.03. The lowest BCUT2D eigenvalue weighted by Gasteiger charge is -2.09. The van der Waals surface area contributed by atoms with E-state index in [2.05, 4.69) is 15.5 Å². The Morgan fingerprint density at radius 3 is 2.47 bits per heavy atom. The van der Waals surface area contributed by atoms with Crippen molar-refractivity contribution in [1.29, 1.82) is 0 Å². The molecule has 30 heavy (non-hydrogen) atoms. The number of rotatable bonds is 6. The van der Waals surface area contributed by atoms with Crippen LogP contribution in [0.15, 0.2) is 77.3 Å². The second-order valence-corrected chi connectivity index (χ2v) is 7.01. The molecule has 7 heteroatoms. The first-order chi connectivity index (χ1) is 14.6. The molecule has 0 bridgehead atoms. The van der Waals surface area contributed by atoms with E-state index in [9.17, 15) is 4.79 Å². The molecule has 4 aromatic rings. The monoisotopic (exact) mass is 419 g/mol. The van der Waals surface area contributed by atoms with Gasteiger partial charge >= 0.3 is 0 Å². The lowest BCUT2D eigenvalue weighted by molar-refractivity contribution is -0.118. The molecule has 0 aliphatic heterocycles. The number of carbonyl (C=O) groups excluding carboxylic acids is 1. The Morgan fingerprint density at radius 1 is 1.00 bits per heavy atom. The molecule has 0 radical (unpaired) electrons. The second kappa shape index (κ2) is 8.80. The molecular formula is C23H18ClN3O3. The molecule has 0 saturated heterocycles. The standard InChI is InChI=1S/C23H18ClN3O3/c1-15-6-2-3-7-18(15)22-26-23(30-27-22)19-8-4-5-9-20(19)29-14-21(28)25-17-12-10-16(24)11-13-17/h2-13H,14H2,1H3,(H,25,28). The van der Waals surface area contributed by atoms with Gasteiger partial charge in [-0.15, -0.1) is 0 Å². The maximum atomic E-state index is 12.2. The summed E-state index contributed by atoms with van der Waals surface area (Å²) in [4.78, 5) is 16.7.